The van der Waals surface area contributed by atoms with E-state index in [2.05, 4.69) is 27.4 Å². The van der Waals surface area contributed by atoms with Crippen LogP contribution in [0.4, 0.5) is 4.79 Å². The lowest BCUT2D eigenvalue weighted by Gasteiger charge is -2.56. The van der Waals surface area contributed by atoms with Crippen LogP contribution < -0.4 is 15.4 Å². The molecule has 4 bridgehead atoms. The fraction of sp³-hybridized carbons (Fsp3) is 0.520. The number of thioether (sulfide) groups is 1. The van der Waals surface area contributed by atoms with Crippen molar-refractivity contribution in [1.82, 2.24) is 25.4 Å². The number of carbonyl (C=O) groups excluding carboxylic acids is 2. The Kier molecular flexibility index (Phi) is 6.38. The van der Waals surface area contributed by atoms with Crippen LogP contribution in [0.1, 0.15) is 38.5 Å². The standard InChI is InChI=1S/C25H31N5O3S/c1-3-8-30-22(19-6-4-5-7-20(19)33-2)28-29-24(30)34-15-21(31)26-23(32)27-25-12-16-9-17(13-25)11-18(10-16)14-25/h3-7,16-18H,1,8-15H2,2H3,(H2,26,27,31,32). The lowest BCUT2D eigenvalue weighted by atomic mass is 9.53. The van der Waals surface area contributed by atoms with Gasteiger partial charge in [-0.15, -0.1) is 16.8 Å². The Morgan fingerprint density at radius 3 is 2.50 bits per heavy atom. The number of carbonyl (C=O) groups is 2. The molecule has 4 aliphatic carbocycles. The lowest BCUT2D eigenvalue weighted by molar-refractivity contribution is -0.117. The average Bonchev–Trinajstić information content (AvgIpc) is 3.18. The van der Waals surface area contributed by atoms with Crippen LogP contribution in [0.15, 0.2) is 42.1 Å². The zero-order valence-electron chi connectivity index (χ0n) is 19.5. The van der Waals surface area contributed by atoms with Crippen LogP contribution in [0, 0.1) is 17.8 Å². The zero-order valence-corrected chi connectivity index (χ0v) is 20.3. The molecule has 1 aromatic carbocycles. The largest absolute Gasteiger partial charge is 0.496 e. The van der Waals surface area contributed by atoms with Gasteiger partial charge in [0, 0.05) is 12.1 Å². The molecule has 0 radical (unpaired) electrons. The van der Waals surface area contributed by atoms with E-state index < -0.39 is 0 Å². The summed E-state index contributed by atoms with van der Waals surface area (Å²) in [6.45, 7) is 4.31. The number of allylic oxidation sites excluding steroid dienone is 1. The Balaban J connectivity index is 1.20. The molecule has 4 aliphatic rings. The number of aromatic nitrogens is 3. The SMILES string of the molecule is C=CCn1c(SCC(=O)NC(=O)NC23CC4CC(CC(C4)C2)C3)nnc1-c1ccccc1OC. The first kappa shape index (κ1) is 23.0. The molecule has 2 N–H and O–H groups in total. The van der Waals surface area contributed by atoms with Crippen molar-refractivity contribution in [2.45, 2.75) is 55.8 Å². The van der Waals surface area contributed by atoms with Gasteiger partial charge in [-0.2, -0.15) is 0 Å². The maximum absolute atomic E-state index is 12.7. The van der Waals surface area contributed by atoms with Crippen LogP contribution in [0.2, 0.25) is 0 Å². The molecule has 1 aromatic heterocycles. The van der Waals surface area contributed by atoms with Crippen LogP contribution in [0.5, 0.6) is 5.75 Å². The van der Waals surface area contributed by atoms with Crippen LogP contribution in [-0.4, -0.2) is 45.1 Å². The molecule has 6 rings (SSSR count). The molecule has 2 aromatic rings. The van der Waals surface area contributed by atoms with Crippen molar-refractivity contribution in [2.75, 3.05) is 12.9 Å². The second kappa shape index (κ2) is 9.44. The van der Waals surface area contributed by atoms with E-state index in [0.29, 0.717) is 23.3 Å². The molecule has 0 spiro atoms. The molecule has 1 heterocycles. The Hall–Kier alpha value is -2.81. The van der Waals surface area contributed by atoms with Gasteiger partial charge in [0.1, 0.15) is 5.75 Å². The summed E-state index contributed by atoms with van der Waals surface area (Å²) in [5.74, 6) is 3.23. The molecule has 0 atom stereocenters. The van der Waals surface area contributed by atoms with Gasteiger partial charge in [-0.25, -0.2) is 4.79 Å². The number of nitrogens with one attached hydrogen (secondary N) is 2. The molecule has 0 aliphatic heterocycles. The highest BCUT2D eigenvalue weighted by atomic mass is 32.2. The summed E-state index contributed by atoms with van der Waals surface area (Å²) in [4.78, 5) is 25.2. The normalized spacial score (nSPS) is 26.8. The van der Waals surface area contributed by atoms with Crippen LogP contribution in [0.25, 0.3) is 11.4 Å². The van der Waals surface area contributed by atoms with Gasteiger partial charge >= 0.3 is 6.03 Å². The molecular weight excluding hydrogens is 450 g/mol. The molecule has 4 fully saturated rings. The maximum Gasteiger partial charge on any atom is 0.321 e. The van der Waals surface area contributed by atoms with Gasteiger partial charge in [0.2, 0.25) is 5.91 Å². The number of para-hydroxylation sites is 1. The van der Waals surface area contributed by atoms with E-state index in [1.54, 1.807) is 13.2 Å². The number of ether oxygens (including phenoxy) is 1. The van der Waals surface area contributed by atoms with Crippen LogP contribution in [-0.2, 0) is 11.3 Å². The third-order valence-corrected chi connectivity index (χ3v) is 8.35. The number of methoxy groups -OCH3 is 1. The minimum atomic E-state index is -0.380. The van der Waals surface area contributed by atoms with Gasteiger partial charge < -0.3 is 10.1 Å². The van der Waals surface area contributed by atoms with Crippen molar-refractivity contribution < 1.29 is 14.3 Å². The molecule has 3 amide bonds. The fourth-order valence-corrected chi connectivity index (χ4v) is 7.29. The number of hydrogen-bond acceptors (Lipinski definition) is 6. The number of nitrogens with zero attached hydrogens (tertiary/aromatic N) is 3. The minimum Gasteiger partial charge on any atom is -0.496 e. The average molecular weight is 482 g/mol. The number of rotatable bonds is 8. The summed E-state index contributed by atoms with van der Waals surface area (Å²) >= 11 is 1.24. The summed E-state index contributed by atoms with van der Waals surface area (Å²) in [5.41, 5.74) is 0.686. The third-order valence-electron chi connectivity index (χ3n) is 7.38. The van der Waals surface area contributed by atoms with Crippen molar-refractivity contribution in [2.24, 2.45) is 17.8 Å². The summed E-state index contributed by atoms with van der Waals surface area (Å²) in [6, 6.07) is 7.21. The first-order valence-corrected chi connectivity index (χ1v) is 12.9. The predicted octanol–water partition coefficient (Wildman–Crippen LogP) is 4.03. The van der Waals surface area contributed by atoms with Gasteiger partial charge in [-0.3, -0.25) is 14.7 Å². The molecule has 180 valence electrons. The highest BCUT2D eigenvalue weighted by molar-refractivity contribution is 7.99. The van der Waals surface area contributed by atoms with E-state index in [1.807, 2.05) is 28.8 Å². The van der Waals surface area contributed by atoms with E-state index in [4.69, 9.17) is 4.74 Å². The van der Waals surface area contributed by atoms with Gasteiger partial charge in [0.25, 0.3) is 0 Å². The van der Waals surface area contributed by atoms with Gasteiger partial charge in [0.15, 0.2) is 11.0 Å². The first-order valence-electron chi connectivity index (χ1n) is 11.9. The third kappa shape index (κ3) is 4.58. The summed E-state index contributed by atoms with van der Waals surface area (Å²) in [7, 11) is 1.61. The number of hydrogen-bond donors (Lipinski definition) is 2. The molecular formula is C25H31N5O3S. The van der Waals surface area contributed by atoms with Crippen molar-refractivity contribution in [3.8, 4) is 17.1 Å². The zero-order chi connectivity index (χ0) is 23.7. The van der Waals surface area contributed by atoms with E-state index in [1.165, 1.54) is 31.0 Å². The Morgan fingerprint density at radius 1 is 1.18 bits per heavy atom. The van der Waals surface area contributed by atoms with Crippen LogP contribution in [0.3, 0.4) is 0 Å². The maximum atomic E-state index is 12.7. The van der Waals surface area contributed by atoms with Crippen molar-refractivity contribution in [3.63, 3.8) is 0 Å². The molecule has 4 saturated carbocycles. The lowest BCUT2D eigenvalue weighted by Crippen LogP contribution is -2.61. The summed E-state index contributed by atoms with van der Waals surface area (Å²) in [5, 5.41) is 14.9. The predicted molar refractivity (Wildman–Crippen MR) is 131 cm³/mol. The number of amides is 3. The number of benzene rings is 1. The topological polar surface area (TPSA) is 98.1 Å². The Bertz CT molecular complexity index is 1060. The van der Waals surface area contributed by atoms with Crippen molar-refractivity contribution >= 4 is 23.7 Å². The minimum absolute atomic E-state index is 0.0650. The molecule has 0 saturated heterocycles. The highest BCUT2D eigenvalue weighted by Crippen LogP contribution is 2.55. The quantitative estimate of drug-likeness (QED) is 0.436. The van der Waals surface area contributed by atoms with E-state index in [9.17, 15) is 9.59 Å². The second-order valence-corrected chi connectivity index (χ2v) is 10.8. The van der Waals surface area contributed by atoms with Gasteiger partial charge in [-0.1, -0.05) is 30.0 Å². The first-order chi connectivity index (χ1) is 16.5. The van der Waals surface area contributed by atoms with Gasteiger partial charge in [0.05, 0.1) is 18.4 Å². The smallest absolute Gasteiger partial charge is 0.321 e. The molecule has 0 unspecified atom stereocenters. The Morgan fingerprint density at radius 2 is 1.85 bits per heavy atom. The Labute approximate surface area is 203 Å². The summed E-state index contributed by atoms with van der Waals surface area (Å²) in [6.07, 6.45) is 8.82. The number of urea groups is 1. The molecule has 34 heavy (non-hydrogen) atoms. The van der Waals surface area contributed by atoms with E-state index >= 15 is 0 Å². The van der Waals surface area contributed by atoms with Crippen molar-refractivity contribution in [3.05, 3.63) is 36.9 Å². The fourth-order valence-electron chi connectivity index (χ4n) is 6.55. The molecule has 8 nitrogen and oxygen atoms in total. The van der Waals surface area contributed by atoms with E-state index in [0.717, 1.165) is 42.6 Å². The van der Waals surface area contributed by atoms with Gasteiger partial charge in [-0.05, 0) is 68.4 Å². The van der Waals surface area contributed by atoms with E-state index in [-0.39, 0.29) is 23.2 Å². The number of imide groups is 1. The summed E-state index contributed by atoms with van der Waals surface area (Å²) < 4.78 is 7.35. The van der Waals surface area contributed by atoms with Crippen LogP contribution >= 0.6 is 11.8 Å². The van der Waals surface area contributed by atoms with Crippen molar-refractivity contribution in [1.29, 1.82) is 0 Å². The highest BCUT2D eigenvalue weighted by Gasteiger charge is 2.51. The molecule has 9 heteroatoms. The second-order valence-electron chi connectivity index (χ2n) is 9.89. The monoisotopic (exact) mass is 481 g/mol.